The van der Waals surface area contributed by atoms with Crippen LogP contribution in [0.3, 0.4) is 0 Å². The summed E-state index contributed by atoms with van der Waals surface area (Å²) in [5.74, 6) is 0. The minimum Gasteiger partial charge on any atom is -0.311 e. The molecule has 3 heterocycles. The Hall–Kier alpha value is -0.170. The maximum atomic E-state index is 12.5. The number of rotatable bonds is 3. The summed E-state index contributed by atoms with van der Waals surface area (Å²) in [4.78, 5) is 0. The van der Waals surface area contributed by atoms with Gasteiger partial charge in [-0.2, -0.15) is 17.0 Å². The van der Waals surface area contributed by atoms with Crippen LogP contribution in [0.25, 0.3) is 0 Å². The van der Waals surface area contributed by atoms with E-state index in [0.29, 0.717) is 25.2 Å². The summed E-state index contributed by atoms with van der Waals surface area (Å²) in [6.45, 7) is 1.40. The highest BCUT2D eigenvalue weighted by Gasteiger charge is 2.40. The topological polar surface area (TPSA) is 52.7 Å². The maximum absolute atomic E-state index is 12.5. The van der Waals surface area contributed by atoms with Gasteiger partial charge in [0.2, 0.25) is 0 Å². The number of nitrogens with one attached hydrogen (secondary N) is 1. The zero-order valence-corrected chi connectivity index (χ0v) is 11.8. The van der Waals surface area contributed by atoms with Crippen LogP contribution in [-0.2, 0) is 10.2 Å². The van der Waals surface area contributed by atoms with Gasteiger partial charge in [-0.15, -0.1) is 0 Å². The van der Waals surface area contributed by atoms with Crippen molar-refractivity contribution in [3.8, 4) is 0 Å². The van der Waals surface area contributed by atoms with Crippen molar-refractivity contribution in [2.24, 2.45) is 0 Å². The van der Waals surface area contributed by atoms with Gasteiger partial charge in [0.1, 0.15) is 0 Å². The first-order chi connectivity index (χ1) is 8.57. The summed E-state index contributed by atoms with van der Waals surface area (Å²) < 4.78 is 28.3. The number of hydrogen-bond donors (Lipinski definition) is 1. The number of fused-ring (bicyclic) bond motifs is 2. The Labute approximate surface area is 110 Å². The third kappa shape index (κ3) is 2.19. The second-order valence-corrected chi connectivity index (χ2v) is 7.88. The van der Waals surface area contributed by atoms with Crippen molar-refractivity contribution < 1.29 is 8.42 Å². The lowest BCUT2D eigenvalue weighted by Crippen LogP contribution is -2.51. The molecule has 5 nitrogen and oxygen atoms in total. The summed E-state index contributed by atoms with van der Waals surface area (Å²) in [7, 11) is -1.45. The molecule has 2 unspecified atom stereocenters. The van der Waals surface area contributed by atoms with Gasteiger partial charge in [-0.05, 0) is 38.5 Å². The van der Waals surface area contributed by atoms with Crippen LogP contribution in [0, 0.1) is 0 Å². The predicted octanol–water partition coefficient (Wildman–Crippen LogP) is 0.542. The molecule has 104 valence electrons. The minimum absolute atomic E-state index is 0.189. The molecule has 3 aliphatic rings. The fourth-order valence-electron chi connectivity index (χ4n) is 3.61. The van der Waals surface area contributed by atoms with E-state index in [1.807, 2.05) is 0 Å². The molecule has 6 heteroatoms. The van der Waals surface area contributed by atoms with E-state index in [0.717, 1.165) is 25.7 Å². The summed E-state index contributed by atoms with van der Waals surface area (Å²) in [6, 6.07) is 1.25. The van der Waals surface area contributed by atoms with Crippen molar-refractivity contribution >= 4 is 10.2 Å². The number of hydrogen-bond acceptors (Lipinski definition) is 3. The summed E-state index contributed by atoms with van der Waals surface area (Å²) in [6.07, 6.45) is 6.37. The Bertz CT molecular complexity index is 394. The molecular weight excluding hydrogens is 250 g/mol. The third-order valence-electron chi connectivity index (χ3n) is 4.72. The quantitative estimate of drug-likeness (QED) is 0.816. The fourth-order valence-corrected chi connectivity index (χ4v) is 5.25. The fraction of sp³-hybridized carbons (Fsp3) is 1.00. The predicted molar refractivity (Wildman–Crippen MR) is 70.5 cm³/mol. The van der Waals surface area contributed by atoms with Gasteiger partial charge in [0.15, 0.2) is 0 Å². The summed E-state index contributed by atoms with van der Waals surface area (Å²) in [5, 5.41) is 3.56. The van der Waals surface area contributed by atoms with Gasteiger partial charge in [-0.1, -0.05) is 0 Å². The molecule has 0 saturated carbocycles. The zero-order chi connectivity index (χ0) is 12.8. The highest BCUT2D eigenvalue weighted by molar-refractivity contribution is 7.86. The third-order valence-corrected chi connectivity index (χ3v) is 6.76. The molecule has 3 saturated heterocycles. The molecule has 0 radical (unpaired) electrons. The summed E-state index contributed by atoms with van der Waals surface area (Å²) >= 11 is 0. The molecule has 0 spiro atoms. The molecule has 2 bridgehead atoms. The lowest BCUT2D eigenvalue weighted by molar-refractivity contribution is 0.240. The molecule has 0 aliphatic carbocycles. The monoisotopic (exact) mass is 273 g/mol. The van der Waals surface area contributed by atoms with Gasteiger partial charge in [0.25, 0.3) is 10.2 Å². The van der Waals surface area contributed by atoms with Crippen molar-refractivity contribution in [3.63, 3.8) is 0 Å². The van der Waals surface area contributed by atoms with Crippen molar-refractivity contribution in [2.45, 2.75) is 56.7 Å². The number of piperidine rings is 1. The first-order valence-electron chi connectivity index (χ1n) is 7.06. The molecular formula is C12H23N3O2S. The highest BCUT2D eigenvalue weighted by Crippen LogP contribution is 2.31. The van der Waals surface area contributed by atoms with Crippen LogP contribution in [0.5, 0.6) is 0 Å². The molecule has 0 aromatic rings. The molecule has 2 atom stereocenters. The van der Waals surface area contributed by atoms with Crippen LogP contribution in [0.2, 0.25) is 0 Å². The van der Waals surface area contributed by atoms with E-state index in [4.69, 9.17) is 0 Å². The van der Waals surface area contributed by atoms with Gasteiger partial charge in [-0.3, -0.25) is 0 Å². The van der Waals surface area contributed by atoms with Crippen molar-refractivity contribution in [2.75, 3.05) is 20.1 Å². The van der Waals surface area contributed by atoms with Crippen molar-refractivity contribution in [3.05, 3.63) is 0 Å². The molecule has 18 heavy (non-hydrogen) atoms. The maximum Gasteiger partial charge on any atom is 0.281 e. The molecule has 1 N–H and O–H groups in total. The van der Waals surface area contributed by atoms with E-state index >= 15 is 0 Å². The Morgan fingerprint density at radius 3 is 2.22 bits per heavy atom. The molecule has 0 aromatic carbocycles. The standard InChI is InChI=1S/C12H23N3O2S/c1-14(18(16,17)15-6-2-3-7-15)12-8-10-4-5-11(9-12)13-10/h10-13H,2-9H2,1H3. The van der Waals surface area contributed by atoms with Crippen LogP contribution in [0.15, 0.2) is 0 Å². The van der Waals surface area contributed by atoms with E-state index in [-0.39, 0.29) is 6.04 Å². The zero-order valence-electron chi connectivity index (χ0n) is 11.0. The SMILES string of the molecule is CN(C1CC2CCC(C1)N2)S(=O)(=O)N1CCCC1. The first kappa shape index (κ1) is 12.8. The van der Waals surface area contributed by atoms with E-state index in [2.05, 4.69) is 5.32 Å². The minimum atomic E-state index is -3.22. The van der Waals surface area contributed by atoms with Gasteiger partial charge in [0.05, 0.1) is 0 Å². The summed E-state index contributed by atoms with van der Waals surface area (Å²) in [5.41, 5.74) is 0. The normalized spacial score (nSPS) is 37.6. The van der Waals surface area contributed by atoms with E-state index in [9.17, 15) is 8.42 Å². The van der Waals surface area contributed by atoms with Gasteiger partial charge in [-0.25, -0.2) is 0 Å². The number of nitrogens with zero attached hydrogens (tertiary/aromatic N) is 2. The molecule has 3 rings (SSSR count). The van der Waals surface area contributed by atoms with E-state index < -0.39 is 10.2 Å². The lowest BCUT2D eigenvalue weighted by Gasteiger charge is -2.36. The van der Waals surface area contributed by atoms with Crippen LogP contribution in [0.4, 0.5) is 0 Å². The van der Waals surface area contributed by atoms with Gasteiger partial charge in [0, 0.05) is 38.3 Å². The van der Waals surface area contributed by atoms with Crippen molar-refractivity contribution in [1.29, 1.82) is 0 Å². The highest BCUT2D eigenvalue weighted by atomic mass is 32.2. The second-order valence-electron chi connectivity index (χ2n) is 5.89. The second kappa shape index (κ2) is 4.74. The Kier molecular flexibility index (Phi) is 3.38. The average Bonchev–Trinajstić information content (AvgIpc) is 2.98. The van der Waals surface area contributed by atoms with Crippen LogP contribution >= 0.6 is 0 Å². The molecule has 0 aromatic heterocycles. The van der Waals surface area contributed by atoms with Crippen LogP contribution in [0.1, 0.15) is 38.5 Å². The molecule has 0 amide bonds. The van der Waals surface area contributed by atoms with E-state index in [1.165, 1.54) is 12.8 Å². The first-order valence-corrected chi connectivity index (χ1v) is 8.46. The Morgan fingerprint density at radius 2 is 1.67 bits per heavy atom. The van der Waals surface area contributed by atoms with Crippen LogP contribution in [-0.4, -0.2) is 55.3 Å². The van der Waals surface area contributed by atoms with E-state index in [1.54, 1.807) is 15.7 Å². The smallest absolute Gasteiger partial charge is 0.281 e. The largest absolute Gasteiger partial charge is 0.311 e. The van der Waals surface area contributed by atoms with Gasteiger partial charge >= 0.3 is 0 Å². The average molecular weight is 273 g/mol. The molecule has 3 aliphatic heterocycles. The lowest BCUT2D eigenvalue weighted by atomic mass is 10.0. The van der Waals surface area contributed by atoms with Crippen molar-refractivity contribution in [1.82, 2.24) is 13.9 Å². The Morgan fingerprint density at radius 1 is 1.11 bits per heavy atom. The van der Waals surface area contributed by atoms with Crippen LogP contribution < -0.4 is 5.32 Å². The van der Waals surface area contributed by atoms with Gasteiger partial charge < -0.3 is 5.32 Å². The molecule has 3 fully saturated rings. The Balaban J connectivity index is 1.71.